The number of ketones is 3. The van der Waals surface area contributed by atoms with Gasteiger partial charge in [-0.25, -0.2) is 0 Å². The molecular weight excluding hydrogens is 416 g/mol. The van der Waals surface area contributed by atoms with Gasteiger partial charge in [0, 0.05) is 17.1 Å². The summed E-state index contributed by atoms with van der Waals surface area (Å²) >= 11 is 0. The number of aliphatic hydroxyl groups excluding tert-OH is 1. The first-order chi connectivity index (χ1) is 15.3. The van der Waals surface area contributed by atoms with Crippen molar-refractivity contribution in [1.82, 2.24) is 0 Å². The average molecular weight is 449 g/mol. The Balaban J connectivity index is 1.96. The molecular formula is C28H32O5. The summed E-state index contributed by atoms with van der Waals surface area (Å²) in [7, 11) is 0. The molecule has 0 saturated heterocycles. The largest absolute Gasteiger partial charge is 0.508 e. The molecule has 0 radical (unpaired) electrons. The summed E-state index contributed by atoms with van der Waals surface area (Å²) in [6.07, 6.45) is 1.53. The highest BCUT2D eigenvalue weighted by molar-refractivity contribution is 6.24. The van der Waals surface area contributed by atoms with Crippen LogP contribution in [0.5, 0.6) is 0 Å². The van der Waals surface area contributed by atoms with Crippen molar-refractivity contribution in [3.8, 4) is 0 Å². The predicted octanol–water partition coefficient (Wildman–Crippen LogP) is 4.95. The Bertz CT molecular complexity index is 1210. The Morgan fingerprint density at radius 1 is 1.15 bits per heavy atom. The second-order valence-corrected chi connectivity index (χ2v) is 10.3. The summed E-state index contributed by atoms with van der Waals surface area (Å²) < 4.78 is 0. The minimum absolute atomic E-state index is 0.0155. The fraction of sp³-hybridized carbons (Fsp3) is 0.464. The summed E-state index contributed by atoms with van der Waals surface area (Å²) in [5.41, 5.74) is 4.03. The number of hydrogen-bond acceptors (Lipinski definition) is 5. The van der Waals surface area contributed by atoms with Gasteiger partial charge < -0.3 is 10.2 Å². The minimum Gasteiger partial charge on any atom is -0.508 e. The van der Waals surface area contributed by atoms with Crippen molar-refractivity contribution in [2.45, 2.75) is 72.3 Å². The lowest BCUT2D eigenvalue weighted by Crippen LogP contribution is -2.55. The molecule has 3 aliphatic carbocycles. The Morgan fingerprint density at radius 2 is 1.79 bits per heavy atom. The molecule has 0 unspecified atom stereocenters. The van der Waals surface area contributed by atoms with Gasteiger partial charge in [0.15, 0.2) is 17.2 Å². The van der Waals surface area contributed by atoms with Crippen LogP contribution in [0.25, 0.3) is 5.57 Å². The molecule has 4 rings (SSSR count). The zero-order valence-corrected chi connectivity index (χ0v) is 20.3. The molecule has 33 heavy (non-hydrogen) atoms. The van der Waals surface area contributed by atoms with Crippen LogP contribution in [0.3, 0.4) is 0 Å². The van der Waals surface area contributed by atoms with Crippen molar-refractivity contribution >= 4 is 22.9 Å². The Hall–Kier alpha value is -2.79. The number of aliphatic hydroxyl groups is 2. The van der Waals surface area contributed by atoms with E-state index in [1.807, 2.05) is 13.0 Å². The van der Waals surface area contributed by atoms with Crippen LogP contribution in [0.4, 0.5) is 0 Å². The number of Topliss-reactive ketones (excluding diaryl/α,β-unsaturated/α-hetero) is 3. The standard InChI is InChI=1S/C28H32O5/c1-12(2)20-11-21(16(6)29)14(4)24-15(5)25-18(10-22(20)24)9-19-8-13(3)23(17(7)30)26(31)28(19,33)27(25)32/h11-12,18-19,32-33H,5,8-10H2,1-4,6-7H3/t18-,19-,28-/m0/s1. The van der Waals surface area contributed by atoms with Crippen molar-refractivity contribution in [3.63, 3.8) is 0 Å². The molecule has 0 aliphatic heterocycles. The topological polar surface area (TPSA) is 91.7 Å². The van der Waals surface area contributed by atoms with Gasteiger partial charge in [0.1, 0.15) is 5.76 Å². The van der Waals surface area contributed by atoms with Gasteiger partial charge in [0.25, 0.3) is 0 Å². The highest BCUT2D eigenvalue weighted by atomic mass is 16.3. The van der Waals surface area contributed by atoms with Crippen LogP contribution in [0.15, 0.2) is 35.1 Å². The van der Waals surface area contributed by atoms with Crippen LogP contribution in [0.1, 0.15) is 86.0 Å². The van der Waals surface area contributed by atoms with Gasteiger partial charge in [-0.05, 0) is 92.7 Å². The fourth-order valence-electron chi connectivity index (χ4n) is 6.39. The molecule has 1 aromatic rings. The van der Waals surface area contributed by atoms with Crippen molar-refractivity contribution < 1.29 is 24.6 Å². The van der Waals surface area contributed by atoms with Crippen molar-refractivity contribution in [2.24, 2.45) is 11.8 Å². The Kier molecular flexibility index (Phi) is 5.40. The van der Waals surface area contributed by atoms with Crippen molar-refractivity contribution in [2.75, 3.05) is 0 Å². The molecule has 3 atom stereocenters. The first-order valence-corrected chi connectivity index (χ1v) is 11.6. The highest BCUT2D eigenvalue weighted by Crippen LogP contribution is 2.54. The van der Waals surface area contributed by atoms with Crippen LogP contribution in [0.2, 0.25) is 0 Å². The van der Waals surface area contributed by atoms with Crippen molar-refractivity contribution in [3.05, 3.63) is 62.9 Å². The minimum atomic E-state index is -2.13. The molecule has 0 aromatic heterocycles. The molecule has 0 saturated carbocycles. The van der Waals surface area contributed by atoms with E-state index in [2.05, 4.69) is 20.4 Å². The van der Waals surface area contributed by atoms with Crippen LogP contribution in [-0.2, 0) is 16.0 Å². The van der Waals surface area contributed by atoms with E-state index in [1.165, 1.54) is 13.8 Å². The highest BCUT2D eigenvalue weighted by Gasteiger charge is 2.57. The first-order valence-electron chi connectivity index (χ1n) is 11.6. The Labute approximate surface area is 194 Å². The maximum atomic E-state index is 13.3. The monoisotopic (exact) mass is 448 g/mol. The number of carbonyl (C=O) groups is 3. The second-order valence-electron chi connectivity index (χ2n) is 10.3. The van der Waals surface area contributed by atoms with E-state index >= 15 is 0 Å². The normalized spacial score (nSPS) is 26.9. The molecule has 0 bridgehead atoms. The summed E-state index contributed by atoms with van der Waals surface area (Å²) in [6, 6.07) is 1.98. The van der Waals surface area contributed by atoms with E-state index < -0.39 is 23.1 Å². The first kappa shape index (κ1) is 23.4. The summed E-state index contributed by atoms with van der Waals surface area (Å²) in [5, 5.41) is 23.0. The van der Waals surface area contributed by atoms with Gasteiger partial charge in [-0.1, -0.05) is 26.0 Å². The van der Waals surface area contributed by atoms with E-state index in [-0.39, 0.29) is 29.0 Å². The van der Waals surface area contributed by atoms with E-state index in [0.717, 1.165) is 22.3 Å². The molecule has 1 aromatic carbocycles. The van der Waals surface area contributed by atoms with E-state index in [0.29, 0.717) is 41.5 Å². The van der Waals surface area contributed by atoms with E-state index in [1.54, 1.807) is 6.92 Å². The lowest BCUT2D eigenvalue weighted by molar-refractivity contribution is -0.143. The number of fused-ring (bicyclic) bond motifs is 3. The number of hydrogen-bond donors (Lipinski definition) is 2. The SMILES string of the molecule is C=C1C2=C(O)[C@@]3(O)C(=O)C(C(C)=O)=C(C)C[C@H]3C[C@H]2Cc2c(C(C)C)cc(C(C)=O)c(C)c21. The number of benzene rings is 1. The van der Waals surface area contributed by atoms with Crippen LogP contribution < -0.4 is 0 Å². The maximum Gasteiger partial charge on any atom is 0.205 e. The van der Waals surface area contributed by atoms with Gasteiger partial charge in [-0.3, -0.25) is 14.4 Å². The van der Waals surface area contributed by atoms with Gasteiger partial charge in [0.05, 0.1) is 5.57 Å². The van der Waals surface area contributed by atoms with Gasteiger partial charge in [0.2, 0.25) is 5.78 Å². The maximum absolute atomic E-state index is 13.3. The van der Waals surface area contributed by atoms with Crippen LogP contribution in [0, 0.1) is 18.8 Å². The fourth-order valence-corrected chi connectivity index (χ4v) is 6.39. The molecule has 3 aliphatic rings. The van der Waals surface area contributed by atoms with E-state index in [4.69, 9.17) is 0 Å². The molecule has 2 N–H and O–H groups in total. The molecule has 5 heteroatoms. The molecule has 174 valence electrons. The van der Waals surface area contributed by atoms with Crippen LogP contribution >= 0.6 is 0 Å². The van der Waals surface area contributed by atoms with Gasteiger partial charge in [-0.15, -0.1) is 0 Å². The second kappa shape index (κ2) is 7.63. The summed E-state index contributed by atoms with van der Waals surface area (Å²) in [4.78, 5) is 37.9. The number of carbonyl (C=O) groups excluding carboxylic acids is 3. The summed E-state index contributed by atoms with van der Waals surface area (Å²) in [5.74, 6) is -1.95. The molecule has 0 amide bonds. The van der Waals surface area contributed by atoms with E-state index in [9.17, 15) is 24.6 Å². The zero-order valence-electron chi connectivity index (χ0n) is 20.3. The number of rotatable bonds is 3. The molecule has 0 heterocycles. The van der Waals surface area contributed by atoms with Gasteiger partial charge >= 0.3 is 0 Å². The third-order valence-corrected chi connectivity index (χ3v) is 7.90. The number of allylic oxidation sites excluding steroid dienone is 3. The zero-order chi connectivity index (χ0) is 24.6. The van der Waals surface area contributed by atoms with Crippen molar-refractivity contribution in [1.29, 1.82) is 0 Å². The lowest BCUT2D eigenvalue weighted by Gasteiger charge is -2.47. The average Bonchev–Trinajstić information content (AvgIpc) is 2.70. The van der Waals surface area contributed by atoms with Gasteiger partial charge in [-0.2, -0.15) is 0 Å². The molecule has 5 nitrogen and oxygen atoms in total. The predicted molar refractivity (Wildman–Crippen MR) is 127 cm³/mol. The molecule has 0 spiro atoms. The third kappa shape index (κ3) is 3.12. The lowest BCUT2D eigenvalue weighted by atomic mass is 9.58. The smallest absolute Gasteiger partial charge is 0.205 e. The Morgan fingerprint density at radius 3 is 2.33 bits per heavy atom. The summed E-state index contributed by atoms with van der Waals surface area (Å²) in [6.45, 7) is 15.0. The quantitative estimate of drug-likeness (QED) is 0.504. The third-order valence-electron chi connectivity index (χ3n) is 7.90. The van der Waals surface area contributed by atoms with Crippen LogP contribution in [-0.4, -0.2) is 33.2 Å². The molecule has 0 fully saturated rings.